The highest BCUT2D eigenvalue weighted by molar-refractivity contribution is 7.80. The molecule has 0 fully saturated rings. The highest BCUT2D eigenvalue weighted by Gasteiger charge is 1.96. The fourth-order valence-electron chi connectivity index (χ4n) is 0.427. The van der Waals surface area contributed by atoms with Crippen molar-refractivity contribution in [2.75, 3.05) is 13.1 Å². The molecule has 0 aromatic rings. The van der Waals surface area contributed by atoms with Crippen molar-refractivity contribution in [2.24, 2.45) is 5.73 Å². The molecule has 0 aliphatic heterocycles. The topological polar surface area (TPSA) is 67.2 Å². The van der Waals surface area contributed by atoms with Gasteiger partial charge in [-0.05, 0) is 19.1 Å². The molecule has 0 aromatic heterocycles. The fourth-order valence-corrected chi connectivity index (χ4v) is 0.499. The number of hydrogen-bond donors (Lipinski definition) is 3. The molecule has 0 bridgehead atoms. The third kappa shape index (κ3) is 5.30. The van der Waals surface area contributed by atoms with E-state index in [0.29, 0.717) is 6.54 Å². The van der Waals surface area contributed by atoms with Crippen LogP contribution in [0.4, 0.5) is 0 Å². The average molecular weight is 161 g/mol. The monoisotopic (exact) mass is 161 g/mol. The first kappa shape index (κ1) is 9.16. The third-order valence-corrected chi connectivity index (χ3v) is 0.941. The predicted octanol–water partition coefficient (Wildman–Crippen LogP) is -1.04. The largest absolute Gasteiger partial charge is 0.376 e. The van der Waals surface area contributed by atoms with Crippen LogP contribution in [0.3, 0.4) is 0 Å². The zero-order valence-electron chi connectivity index (χ0n) is 5.81. The Hall–Kier alpha value is -0.840. The van der Waals surface area contributed by atoms with Gasteiger partial charge in [0.25, 0.3) is 0 Å². The zero-order valence-corrected chi connectivity index (χ0v) is 6.62. The summed E-state index contributed by atoms with van der Waals surface area (Å²) in [7, 11) is 0. The summed E-state index contributed by atoms with van der Waals surface area (Å²) in [5.41, 5.74) is 5.08. The van der Waals surface area contributed by atoms with E-state index in [1.54, 1.807) is 0 Å². The van der Waals surface area contributed by atoms with E-state index in [2.05, 4.69) is 22.9 Å². The average Bonchev–Trinajstić information content (AvgIpc) is 1.85. The van der Waals surface area contributed by atoms with Crippen LogP contribution in [0.5, 0.6) is 0 Å². The lowest BCUT2D eigenvalue weighted by Gasteiger charge is -2.02. The number of likely N-dealkylation sites (N-methyl/N-ethyl adjacent to an activating group) is 1. The van der Waals surface area contributed by atoms with E-state index < -0.39 is 0 Å². The molecule has 0 aliphatic rings. The number of thiocarbonyl (C=S) groups is 1. The Morgan fingerprint density at radius 3 is 2.60 bits per heavy atom. The lowest BCUT2D eigenvalue weighted by molar-refractivity contribution is -0.119. The fraction of sp³-hybridized carbons (Fsp3) is 0.600. The van der Waals surface area contributed by atoms with Crippen LogP contribution in [0.1, 0.15) is 6.92 Å². The second-order valence-corrected chi connectivity index (χ2v) is 2.11. The van der Waals surface area contributed by atoms with Crippen molar-refractivity contribution in [3.8, 4) is 0 Å². The van der Waals surface area contributed by atoms with Gasteiger partial charge in [0.1, 0.15) is 0 Å². The Kier molecular flexibility index (Phi) is 4.57. The van der Waals surface area contributed by atoms with Crippen molar-refractivity contribution in [3.05, 3.63) is 0 Å². The Morgan fingerprint density at radius 2 is 2.20 bits per heavy atom. The van der Waals surface area contributed by atoms with Crippen molar-refractivity contribution < 1.29 is 4.79 Å². The Balaban J connectivity index is 3.30. The molecule has 0 radical (unpaired) electrons. The van der Waals surface area contributed by atoms with Crippen LogP contribution < -0.4 is 16.4 Å². The molecule has 1 amide bonds. The highest BCUT2D eigenvalue weighted by Crippen LogP contribution is 1.63. The molecule has 0 heterocycles. The number of nitrogens with one attached hydrogen (secondary N) is 2. The van der Waals surface area contributed by atoms with Crippen LogP contribution >= 0.6 is 12.2 Å². The molecule has 0 aliphatic carbocycles. The molecule has 58 valence electrons. The molecule has 0 unspecified atom stereocenters. The predicted molar refractivity (Wildman–Crippen MR) is 43.5 cm³/mol. The summed E-state index contributed by atoms with van der Waals surface area (Å²) in [6.45, 7) is 2.62. The van der Waals surface area contributed by atoms with E-state index in [1.807, 2.05) is 6.92 Å². The third-order valence-electron chi connectivity index (χ3n) is 0.797. The number of amides is 1. The van der Waals surface area contributed by atoms with Crippen molar-refractivity contribution in [1.29, 1.82) is 0 Å². The minimum absolute atomic E-state index is 0.102. The normalized spacial score (nSPS) is 8.50. The molecule has 0 saturated carbocycles. The summed E-state index contributed by atoms with van der Waals surface area (Å²) in [4.78, 5) is 10.7. The lowest BCUT2D eigenvalue weighted by Crippen LogP contribution is -2.39. The van der Waals surface area contributed by atoms with Crippen molar-refractivity contribution in [3.63, 3.8) is 0 Å². The minimum atomic E-state index is -0.102. The van der Waals surface area contributed by atoms with Gasteiger partial charge in [-0.15, -0.1) is 0 Å². The number of nitrogens with two attached hydrogens (primary N) is 1. The smallest absolute Gasteiger partial charge is 0.239 e. The zero-order chi connectivity index (χ0) is 7.98. The lowest BCUT2D eigenvalue weighted by atomic mass is 10.5. The Bertz CT molecular complexity index is 137. The summed E-state index contributed by atoms with van der Waals surface area (Å²) in [6.07, 6.45) is 0. The van der Waals surface area contributed by atoms with E-state index in [1.165, 1.54) is 0 Å². The molecule has 4 nitrogen and oxygen atoms in total. The summed E-state index contributed by atoms with van der Waals surface area (Å²) in [5, 5.41) is 5.26. The molecule has 10 heavy (non-hydrogen) atoms. The molecular formula is C5H11N3OS. The van der Waals surface area contributed by atoms with E-state index in [4.69, 9.17) is 5.73 Å². The Labute approximate surface area is 65.2 Å². The first-order chi connectivity index (χ1) is 4.66. The van der Waals surface area contributed by atoms with Crippen LogP contribution in [0.2, 0.25) is 0 Å². The van der Waals surface area contributed by atoms with Crippen molar-refractivity contribution >= 4 is 23.2 Å². The first-order valence-corrected chi connectivity index (χ1v) is 3.37. The van der Waals surface area contributed by atoms with Crippen LogP contribution in [-0.4, -0.2) is 24.1 Å². The second kappa shape index (κ2) is 4.99. The summed E-state index contributed by atoms with van der Waals surface area (Å²) >= 11 is 4.48. The van der Waals surface area contributed by atoms with E-state index in [9.17, 15) is 4.79 Å². The highest BCUT2D eigenvalue weighted by atomic mass is 32.1. The van der Waals surface area contributed by atoms with Gasteiger partial charge < -0.3 is 16.4 Å². The second-order valence-electron chi connectivity index (χ2n) is 1.67. The van der Waals surface area contributed by atoms with Gasteiger partial charge in [0, 0.05) is 6.54 Å². The van der Waals surface area contributed by atoms with Gasteiger partial charge in [-0.1, -0.05) is 0 Å². The number of carbonyl (C=O) groups is 1. The van der Waals surface area contributed by atoms with Gasteiger partial charge in [0.05, 0.1) is 6.54 Å². The first-order valence-electron chi connectivity index (χ1n) is 2.96. The maximum absolute atomic E-state index is 10.7. The van der Waals surface area contributed by atoms with E-state index in [-0.39, 0.29) is 17.6 Å². The van der Waals surface area contributed by atoms with Crippen molar-refractivity contribution in [2.45, 2.75) is 6.92 Å². The summed E-state index contributed by atoms with van der Waals surface area (Å²) in [5.74, 6) is -0.102. The van der Waals surface area contributed by atoms with Crippen molar-refractivity contribution in [1.82, 2.24) is 10.6 Å². The molecular weight excluding hydrogens is 150 g/mol. The van der Waals surface area contributed by atoms with Crippen LogP contribution in [0.15, 0.2) is 0 Å². The number of hydrogen-bond acceptors (Lipinski definition) is 2. The molecule has 5 heteroatoms. The molecule has 0 aromatic carbocycles. The molecule has 0 spiro atoms. The van der Waals surface area contributed by atoms with Crippen LogP contribution in [-0.2, 0) is 4.79 Å². The molecule has 0 rings (SSSR count). The summed E-state index contributed by atoms with van der Waals surface area (Å²) < 4.78 is 0. The maximum Gasteiger partial charge on any atom is 0.239 e. The maximum atomic E-state index is 10.7. The SMILES string of the molecule is CCNC(=O)CNC(N)=S. The van der Waals surface area contributed by atoms with Gasteiger partial charge >= 0.3 is 0 Å². The van der Waals surface area contributed by atoms with Crippen LogP contribution in [0.25, 0.3) is 0 Å². The quantitative estimate of drug-likeness (QED) is 0.462. The van der Waals surface area contributed by atoms with Gasteiger partial charge in [0.15, 0.2) is 5.11 Å². The molecule has 4 N–H and O–H groups in total. The van der Waals surface area contributed by atoms with Gasteiger partial charge in [-0.25, -0.2) is 0 Å². The van der Waals surface area contributed by atoms with Gasteiger partial charge in [0.2, 0.25) is 5.91 Å². The van der Waals surface area contributed by atoms with Gasteiger partial charge in [-0.3, -0.25) is 4.79 Å². The Morgan fingerprint density at radius 1 is 1.60 bits per heavy atom. The van der Waals surface area contributed by atoms with Gasteiger partial charge in [-0.2, -0.15) is 0 Å². The standard InChI is InChI=1S/C5H11N3OS/c1-2-7-4(9)3-8-5(6)10/h2-3H2,1H3,(H,7,9)(H3,6,8,10). The minimum Gasteiger partial charge on any atom is -0.376 e. The van der Waals surface area contributed by atoms with E-state index in [0.717, 1.165) is 0 Å². The van der Waals surface area contributed by atoms with Crippen LogP contribution in [0, 0.1) is 0 Å². The number of carbonyl (C=O) groups excluding carboxylic acids is 1. The molecule has 0 atom stereocenters. The van der Waals surface area contributed by atoms with E-state index >= 15 is 0 Å². The number of rotatable bonds is 3. The molecule has 0 saturated heterocycles. The summed E-state index contributed by atoms with van der Waals surface area (Å²) in [6, 6.07) is 0.